The number of imidazole rings is 1. The zero-order chi connectivity index (χ0) is 12.0. The highest BCUT2D eigenvalue weighted by atomic mass is 32.2. The molecule has 0 radical (unpaired) electrons. The molecule has 0 aromatic carbocycles. The zero-order valence-corrected chi connectivity index (χ0v) is 11.5. The molecule has 1 aromatic heterocycles. The van der Waals surface area contributed by atoms with Crippen LogP contribution in [0.4, 0.5) is 5.95 Å². The van der Waals surface area contributed by atoms with Gasteiger partial charge in [-0.05, 0) is 38.7 Å². The first-order chi connectivity index (χ1) is 7.65. The van der Waals surface area contributed by atoms with Crippen LogP contribution in [0.25, 0.3) is 0 Å². The third-order valence-electron chi connectivity index (χ3n) is 2.45. The number of nitrogens with zero attached hydrogens (tertiary/aromatic N) is 2. The van der Waals surface area contributed by atoms with Crippen molar-refractivity contribution < 1.29 is 0 Å². The maximum Gasteiger partial charge on any atom is 0.203 e. The van der Waals surface area contributed by atoms with Crippen molar-refractivity contribution >= 4 is 17.7 Å². The molecule has 0 aliphatic heterocycles. The minimum atomic E-state index is 0.429. The summed E-state index contributed by atoms with van der Waals surface area (Å²) in [6.45, 7) is 8.73. The third kappa shape index (κ3) is 4.08. The molecule has 3 nitrogen and oxygen atoms in total. The largest absolute Gasteiger partial charge is 0.353 e. The molecule has 1 heterocycles. The molecule has 0 saturated heterocycles. The molecule has 92 valence electrons. The molecule has 0 aliphatic carbocycles. The molecule has 1 N–H and O–H groups in total. The lowest BCUT2D eigenvalue weighted by Gasteiger charge is -2.18. The summed E-state index contributed by atoms with van der Waals surface area (Å²) in [4.78, 5) is 4.35. The van der Waals surface area contributed by atoms with E-state index in [0.29, 0.717) is 12.1 Å². The molecular weight excluding hydrogens is 218 g/mol. The summed E-state index contributed by atoms with van der Waals surface area (Å²) in [6, 6.07) is 0.946. The Morgan fingerprint density at radius 1 is 1.44 bits per heavy atom. The van der Waals surface area contributed by atoms with Gasteiger partial charge >= 0.3 is 0 Å². The molecule has 1 unspecified atom stereocenters. The highest BCUT2D eigenvalue weighted by molar-refractivity contribution is 7.99. The maximum atomic E-state index is 4.35. The van der Waals surface area contributed by atoms with Crippen LogP contribution in [0.15, 0.2) is 12.4 Å². The minimum absolute atomic E-state index is 0.429. The molecule has 0 fully saturated rings. The molecule has 0 saturated carbocycles. The molecule has 0 aliphatic rings. The number of rotatable bonds is 7. The van der Waals surface area contributed by atoms with Gasteiger partial charge in [0.15, 0.2) is 0 Å². The number of hydrogen-bond acceptors (Lipinski definition) is 3. The van der Waals surface area contributed by atoms with E-state index in [-0.39, 0.29) is 0 Å². The van der Waals surface area contributed by atoms with Gasteiger partial charge in [0.25, 0.3) is 0 Å². The number of nitrogens with one attached hydrogen (secondary N) is 1. The smallest absolute Gasteiger partial charge is 0.203 e. The molecule has 0 spiro atoms. The molecule has 0 amide bonds. The van der Waals surface area contributed by atoms with Crippen molar-refractivity contribution in [2.75, 3.05) is 16.8 Å². The Morgan fingerprint density at radius 2 is 2.19 bits per heavy atom. The Hall–Kier alpha value is -0.640. The van der Waals surface area contributed by atoms with Crippen LogP contribution in [-0.2, 0) is 0 Å². The first-order valence-corrected chi connectivity index (χ1v) is 7.17. The van der Waals surface area contributed by atoms with E-state index < -0.39 is 0 Å². The second kappa shape index (κ2) is 6.84. The van der Waals surface area contributed by atoms with Gasteiger partial charge in [0, 0.05) is 24.5 Å². The van der Waals surface area contributed by atoms with E-state index in [4.69, 9.17) is 0 Å². The normalized spacial score (nSPS) is 13.1. The van der Waals surface area contributed by atoms with E-state index >= 15 is 0 Å². The van der Waals surface area contributed by atoms with Crippen LogP contribution < -0.4 is 5.32 Å². The van der Waals surface area contributed by atoms with E-state index in [1.807, 2.05) is 18.0 Å². The molecule has 1 rings (SSSR count). The average molecular weight is 241 g/mol. The maximum absolute atomic E-state index is 4.35. The summed E-state index contributed by atoms with van der Waals surface area (Å²) in [7, 11) is 0. The second-order valence-corrected chi connectivity index (χ2v) is 5.69. The van der Waals surface area contributed by atoms with Gasteiger partial charge < -0.3 is 9.88 Å². The van der Waals surface area contributed by atoms with Crippen LogP contribution in [-0.4, -0.2) is 27.1 Å². The van der Waals surface area contributed by atoms with E-state index in [9.17, 15) is 0 Å². The van der Waals surface area contributed by atoms with Crippen molar-refractivity contribution in [3.63, 3.8) is 0 Å². The first-order valence-electron chi connectivity index (χ1n) is 6.02. The third-order valence-corrected chi connectivity index (χ3v) is 3.38. The Balaban J connectivity index is 2.53. The highest BCUT2D eigenvalue weighted by Gasteiger charge is 2.10. The summed E-state index contributed by atoms with van der Waals surface area (Å²) in [5, 5.41) is 3.37. The van der Waals surface area contributed by atoms with Crippen molar-refractivity contribution in [1.29, 1.82) is 0 Å². The lowest BCUT2D eigenvalue weighted by atomic mass is 10.2. The van der Waals surface area contributed by atoms with Gasteiger partial charge in [-0.25, -0.2) is 4.98 Å². The number of thioether (sulfide) groups is 1. The summed E-state index contributed by atoms with van der Waals surface area (Å²) >= 11 is 2.00. The minimum Gasteiger partial charge on any atom is -0.353 e. The standard InChI is InChI=1S/C12H23N3S/c1-5-16-9-6-11(4)15-8-7-13-12(15)14-10(2)3/h7-8,10-11H,5-6,9H2,1-4H3,(H,13,14). The van der Waals surface area contributed by atoms with Crippen molar-refractivity contribution in [3.8, 4) is 0 Å². The lowest BCUT2D eigenvalue weighted by Crippen LogP contribution is -2.16. The van der Waals surface area contributed by atoms with Crippen LogP contribution in [0, 0.1) is 0 Å². The topological polar surface area (TPSA) is 29.9 Å². The van der Waals surface area contributed by atoms with Gasteiger partial charge in [-0.3, -0.25) is 0 Å². The van der Waals surface area contributed by atoms with Crippen LogP contribution in [0.2, 0.25) is 0 Å². The zero-order valence-electron chi connectivity index (χ0n) is 10.7. The van der Waals surface area contributed by atoms with Gasteiger partial charge in [-0.15, -0.1) is 0 Å². The Kier molecular flexibility index (Phi) is 5.74. The molecule has 0 bridgehead atoms. The molecule has 4 heteroatoms. The molecule has 1 aromatic rings. The summed E-state index contributed by atoms with van der Waals surface area (Å²) in [5.41, 5.74) is 0. The summed E-state index contributed by atoms with van der Waals surface area (Å²) < 4.78 is 2.23. The number of hydrogen-bond donors (Lipinski definition) is 1. The van der Waals surface area contributed by atoms with Crippen LogP contribution in [0.5, 0.6) is 0 Å². The van der Waals surface area contributed by atoms with Crippen molar-refractivity contribution in [2.24, 2.45) is 0 Å². The average Bonchev–Trinajstić information content (AvgIpc) is 2.65. The fourth-order valence-corrected chi connectivity index (χ4v) is 2.37. The highest BCUT2D eigenvalue weighted by Crippen LogP contribution is 2.19. The van der Waals surface area contributed by atoms with Gasteiger partial charge in [0.05, 0.1) is 0 Å². The van der Waals surface area contributed by atoms with E-state index in [2.05, 4.69) is 48.8 Å². The van der Waals surface area contributed by atoms with Crippen molar-refractivity contribution in [1.82, 2.24) is 9.55 Å². The Morgan fingerprint density at radius 3 is 2.81 bits per heavy atom. The van der Waals surface area contributed by atoms with Gasteiger partial charge in [0.2, 0.25) is 5.95 Å². The summed E-state index contributed by atoms with van der Waals surface area (Å²) in [6.07, 6.45) is 5.13. The van der Waals surface area contributed by atoms with E-state index in [1.165, 1.54) is 17.9 Å². The van der Waals surface area contributed by atoms with Crippen molar-refractivity contribution in [3.05, 3.63) is 12.4 Å². The SMILES string of the molecule is CCSCCC(C)n1ccnc1NC(C)C. The van der Waals surface area contributed by atoms with Gasteiger partial charge in [0.1, 0.15) is 0 Å². The van der Waals surface area contributed by atoms with Crippen LogP contribution >= 0.6 is 11.8 Å². The quantitative estimate of drug-likeness (QED) is 0.742. The predicted molar refractivity (Wildman–Crippen MR) is 73.3 cm³/mol. The van der Waals surface area contributed by atoms with E-state index in [0.717, 1.165) is 5.95 Å². The van der Waals surface area contributed by atoms with Gasteiger partial charge in [-0.2, -0.15) is 11.8 Å². The van der Waals surface area contributed by atoms with E-state index in [1.54, 1.807) is 0 Å². The monoisotopic (exact) mass is 241 g/mol. The fourth-order valence-electron chi connectivity index (χ4n) is 1.58. The van der Waals surface area contributed by atoms with Crippen LogP contribution in [0.3, 0.4) is 0 Å². The van der Waals surface area contributed by atoms with Crippen LogP contribution in [0.1, 0.15) is 40.2 Å². The predicted octanol–water partition coefficient (Wildman–Crippen LogP) is 3.41. The lowest BCUT2D eigenvalue weighted by molar-refractivity contribution is 0.537. The number of aromatic nitrogens is 2. The van der Waals surface area contributed by atoms with Gasteiger partial charge in [-0.1, -0.05) is 6.92 Å². The first kappa shape index (κ1) is 13.4. The van der Waals surface area contributed by atoms with Crippen molar-refractivity contribution in [2.45, 2.75) is 46.2 Å². The molecule has 16 heavy (non-hydrogen) atoms. The molecule has 1 atom stereocenters. The Bertz CT molecular complexity index is 296. The molecular formula is C12H23N3S. The fraction of sp³-hybridized carbons (Fsp3) is 0.750. The Labute approximate surface area is 103 Å². The number of anilines is 1. The second-order valence-electron chi connectivity index (χ2n) is 4.29. The summed E-state index contributed by atoms with van der Waals surface area (Å²) in [5.74, 6) is 3.41.